The van der Waals surface area contributed by atoms with Gasteiger partial charge in [-0.1, -0.05) is 32.4 Å². The Morgan fingerprint density at radius 3 is 1.81 bits per heavy atom. The summed E-state index contributed by atoms with van der Waals surface area (Å²) in [4.78, 5) is 11.0. The number of halogens is 5. The molecule has 0 spiro atoms. The van der Waals surface area contributed by atoms with Crippen molar-refractivity contribution < 1.29 is 22.4 Å². The van der Waals surface area contributed by atoms with E-state index >= 15 is 0 Å². The van der Waals surface area contributed by atoms with Crippen LogP contribution in [0.4, 0.5) is 17.6 Å². The summed E-state index contributed by atoms with van der Waals surface area (Å²) in [6.07, 6.45) is -5.43. The zero-order valence-electron chi connectivity index (χ0n) is 9.38. The number of alkyl halides is 5. The quantitative estimate of drug-likeness (QED) is 0.602. The zero-order chi connectivity index (χ0) is 13.4. The second-order valence-corrected chi connectivity index (χ2v) is 5.15. The van der Waals surface area contributed by atoms with E-state index in [4.69, 9.17) is 0 Å². The lowest BCUT2D eigenvalue weighted by molar-refractivity contribution is -0.201. The van der Waals surface area contributed by atoms with Crippen LogP contribution in [0.2, 0.25) is 0 Å². The highest BCUT2D eigenvalue weighted by Gasteiger charge is 2.61. The van der Waals surface area contributed by atoms with E-state index in [1.807, 2.05) is 5.32 Å². The Labute approximate surface area is 96.3 Å². The highest BCUT2D eigenvalue weighted by Crippen LogP contribution is 2.38. The fraction of sp³-hybridized carbons (Fsp3) is 0.889. The van der Waals surface area contributed by atoms with Gasteiger partial charge in [0.1, 0.15) is 0 Å². The highest BCUT2D eigenvalue weighted by atomic mass is 35.5. The first kappa shape index (κ1) is 15.5. The lowest BCUT2D eigenvalue weighted by atomic mass is 9.88. The summed E-state index contributed by atoms with van der Waals surface area (Å²) in [6.45, 7) is 6.56. The molecule has 2 nitrogen and oxygen atoms in total. The summed E-state index contributed by atoms with van der Waals surface area (Å²) in [7, 11) is 0. The second kappa shape index (κ2) is 4.39. The first-order valence-corrected chi connectivity index (χ1v) is 4.93. The van der Waals surface area contributed by atoms with Crippen LogP contribution in [0.1, 0.15) is 27.7 Å². The lowest BCUT2D eigenvalue weighted by Gasteiger charge is -2.30. The molecule has 0 heterocycles. The van der Waals surface area contributed by atoms with E-state index in [0.29, 0.717) is 0 Å². The molecule has 0 saturated carbocycles. The number of rotatable bonds is 2. The predicted octanol–water partition coefficient (Wildman–Crippen LogP) is 3.00. The van der Waals surface area contributed by atoms with Gasteiger partial charge in [-0.25, -0.2) is 4.39 Å². The summed E-state index contributed by atoms with van der Waals surface area (Å²) in [6, 6.07) is -0.642. The van der Waals surface area contributed by atoms with Gasteiger partial charge in [-0.3, -0.25) is 4.79 Å². The van der Waals surface area contributed by atoms with Crippen molar-refractivity contribution in [2.24, 2.45) is 5.41 Å². The van der Waals surface area contributed by atoms with Gasteiger partial charge in [0.25, 0.3) is 5.91 Å². The first-order valence-electron chi connectivity index (χ1n) is 4.55. The fourth-order valence-electron chi connectivity index (χ4n) is 0.633. The van der Waals surface area contributed by atoms with E-state index in [1.165, 1.54) is 6.92 Å². The predicted molar refractivity (Wildman–Crippen MR) is 52.8 cm³/mol. The van der Waals surface area contributed by atoms with Crippen molar-refractivity contribution in [2.45, 2.75) is 45.0 Å². The maximum Gasteiger partial charge on any atom is 0.446 e. The lowest BCUT2D eigenvalue weighted by Crippen LogP contribution is -2.54. The van der Waals surface area contributed by atoms with Crippen molar-refractivity contribution in [3.8, 4) is 0 Å². The smallest absolute Gasteiger partial charge is 0.349 e. The van der Waals surface area contributed by atoms with E-state index in [2.05, 4.69) is 11.6 Å². The van der Waals surface area contributed by atoms with Crippen LogP contribution in [0.25, 0.3) is 0 Å². The van der Waals surface area contributed by atoms with Gasteiger partial charge in [-0.2, -0.15) is 13.2 Å². The molecule has 0 bridgehead atoms. The Morgan fingerprint density at radius 2 is 1.56 bits per heavy atom. The summed E-state index contributed by atoms with van der Waals surface area (Å²) in [5.74, 6) is -1.89. The van der Waals surface area contributed by atoms with Crippen LogP contribution in [-0.4, -0.2) is 23.3 Å². The Kier molecular flexibility index (Phi) is 4.25. The standard InChI is InChI=1S/C9H14ClF4NO/c1-5(7(2,3)4)15-6(16)8(10,11)9(12,13)14/h5H,1-4H3,(H,15,16). The molecule has 0 aromatic carbocycles. The summed E-state index contributed by atoms with van der Waals surface area (Å²) >= 11 is 4.55. The van der Waals surface area contributed by atoms with Gasteiger partial charge >= 0.3 is 11.3 Å². The van der Waals surface area contributed by atoms with Crippen LogP contribution in [0, 0.1) is 5.41 Å². The third-order valence-corrected chi connectivity index (χ3v) is 2.67. The van der Waals surface area contributed by atoms with Gasteiger partial charge in [-0.15, -0.1) is 0 Å². The van der Waals surface area contributed by atoms with Gasteiger partial charge in [0.2, 0.25) is 0 Å². The average molecular weight is 264 g/mol. The molecule has 1 N–H and O–H groups in total. The normalized spacial score (nSPS) is 18.8. The maximum atomic E-state index is 13.0. The highest BCUT2D eigenvalue weighted by molar-refractivity contribution is 6.34. The molecule has 16 heavy (non-hydrogen) atoms. The summed E-state index contributed by atoms with van der Waals surface area (Å²) < 4.78 is 49.2. The fourth-order valence-corrected chi connectivity index (χ4v) is 0.687. The van der Waals surface area contributed by atoms with Gasteiger partial charge < -0.3 is 5.32 Å². The number of carbonyl (C=O) groups excluding carboxylic acids is 1. The van der Waals surface area contributed by atoms with Crippen LogP contribution in [-0.2, 0) is 4.79 Å². The molecule has 0 aromatic rings. The third kappa shape index (κ3) is 3.50. The molecule has 0 aromatic heterocycles. The van der Waals surface area contributed by atoms with Gasteiger partial charge in [0.05, 0.1) is 0 Å². The zero-order valence-corrected chi connectivity index (χ0v) is 10.1. The number of hydrogen-bond donors (Lipinski definition) is 1. The first-order chi connectivity index (χ1) is 6.80. The monoisotopic (exact) mass is 263 g/mol. The molecule has 0 aliphatic heterocycles. The minimum absolute atomic E-state index is 0.492. The molecule has 0 aliphatic rings. The van der Waals surface area contributed by atoms with Crippen molar-refractivity contribution in [3.05, 3.63) is 0 Å². The van der Waals surface area contributed by atoms with E-state index in [0.717, 1.165) is 0 Å². The second-order valence-electron chi connectivity index (χ2n) is 4.63. The van der Waals surface area contributed by atoms with Crippen molar-refractivity contribution in [1.29, 1.82) is 0 Å². The Balaban J connectivity index is 4.73. The molecule has 0 rings (SSSR count). The summed E-state index contributed by atoms with van der Waals surface area (Å²) in [5.41, 5.74) is -0.492. The Bertz CT molecular complexity index is 270. The minimum atomic E-state index is -5.43. The molecular weight excluding hydrogens is 250 g/mol. The van der Waals surface area contributed by atoms with Crippen molar-refractivity contribution >= 4 is 17.5 Å². The van der Waals surface area contributed by atoms with Crippen LogP contribution in [0.15, 0.2) is 0 Å². The molecule has 0 radical (unpaired) electrons. The maximum absolute atomic E-state index is 13.0. The Hall–Kier alpha value is -0.520. The van der Waals surface area contributed by atoms with Crippen LogP contribution >= 0.6 is 11.6 Å². The van der Waals surface area contributed by atoms with Gasteiger partial charge in [0.15, 0.2) is 0 Å². The summed E-state index contributed by atoms with van der Waals surface area (Å²) in [5, 5.41) is -2.48. The number of nitrogens with one attached hydrogen (secondary N) is 1. The molecular formula is C9H14ClF4NO. The van der Waals surface area contributed by atoms with Gasteiger partial charge in [-0.05, 0) is 12.3 Å². The largest absolute Gasteiger partial charge is 0.446 e. The SMILES string of the molecule is CC(NC(=O)C(F)(Cl)C(F)(F)F)C(C)(C)C. The van der Waals surface area contributed by atoms with E-state index in [9.17, 15) is 22.4 Å². The Morgan fingerprint density at radius 1 is 1.19 bits per heavy atom. The molecule has 96 valence electrons. The molecule has 7 heteroatoms. The van der Waals surface area contributed by atoms with E-state index in [1.54, 1.807) is 20.8 Å². The van der Waals surface area contributed by atoms with E-state index < -0.39 is 28.7 Å². The molecule has 1 amide bonds. The van der Waals surface area contributed by atoms with E-state index in [-0.39, 0.29) is 0 Å². The number of amides is 1. The van der Waals surface area contributed by atoms with Crippen LogP contribution in [0.5, 0.6) is 0 Å². The molecule has 2 atom stereocenters. The molecule has 0 saturated heterocycles. The topological polar surface area (TPSA) is 29.1 Å². The minimum Gasteiger partial charge on any atom is -0.349 e. The average Bonchev–Trinajstić information content (AvgIpc) is 1.99. The van der Waals surface area contributed by atoms with Gasteiger partial charge in [0, 0.05) is 6.04 Å². The molecule has 0 aliphatic carbocycles. The van der Waals surface area contributed by atoms with Crippen molar-refractivity contribution in [1.82, 2.24) is 5.32 Å². The number of carbonyl (C=O) groups is 1. The third-order valence-electron chi connectivity index (χ3n) is 2.29. The number of hydrogen-bond acceptors (Lipinski definition) is 1. The van der Waals surface area contributed by atoms with Crippen LogP contribution < -0.4 is 5.32 Å². The van der Waals surface area contributed by atoms with Crippen molar-refractivity contribution in [2.75, 3.05) is 0 Å². The molecule has 2 unspecified atom stereocenters. The molecule has 0 fully saturated rings. The van der Waals surface area contributed by atoms with Crippen LogP contribution in [0.3, 0.4) is 0 Å². The van der Waals surface area contributed by atoms with Crippen molar-refractivity contribution in [3.63, 3.8) is 0 Å².